The van der Waals surface area contributed by atoms with E-state index in [0.717, 1.165) is 0 Å². The van der Waals surface area contributed by atoms with Crippen LogP contribution in [0.2, 0.25) is 5.02 Å². The molecule has 0 bridgehead atoms. The largest absolute Gasteiger partial charge is 0.491 e. The number of aromatic carboxylic acids is 1. The maximum Gasteiger partial charge on any atom is 0.339 e. The van der Waals surface area contributed by atoms with E-state index in [0.29, 0.717) is 11.1 Å². The molecule has 1 heterocycles. The van der Waals surface area contributed by atoms with Gasteiger partial charge in [0, 0.05) is 22.7 Å². The van der Waals surface area contributed by atoms with E-state index in [4.69, 9.17) is 26.5 Å². The summed E-state index contributed by atoms with van der Waals surface area (Å²) in [5, 5.41) is 10.1. The highest BCUT2D eigenvalue weighted by molar-refractivity contribution is 7.90. The predicted molar refractivity (Wildman–Crippen MR) is 115 cm³/mol. The molecule has 0 spiro atoms. The molecule has 2 aromatic carbocycles. The Morgan fingerprint density at radius 1 is 1.20 bits per heavy atom. The fraction of sp³-hybridized carbons (Fsp3) is 0.150. The molecule has 10 heteroatoms. The molecule has 0 aliphatic heterocycles. The maximum atomic E-state index is 12.8. The SMILES string of the molecule is Cl.NCCOc1c(-c2ccoc2)ccc(CS(=O)(=O)c2cccc(Cl)c2)c1C(=O)O. The first-order valence-electron chi connectivity index (χ1n) is 8.56. The minimum absolute atomic E-state index is 0. The summed E-state index contributed by atoms with van der Waals surface area (Å²) in [4.78, 5) is 12.1. The van der Waals surface area contributed by atoms with Gasteiger partial charge >= 0.3 is 5.97 Å². The molecule has 3 rings (SSSR count). The Bertz CT molecular complexity index is 1130. The molecule has 0 aliphatic carbocycles. The van der Waals surface area contributed by atoms with E-state index in [9.17, 15) is 18.3 Å². The molecule has 0 saturated heterocycles. The molecule has 3 aromatic rings. The van der Waals surface area contributed by atoms with Gasteiger partial charge in [0.15, 0.2) is 9.84 Å². The van der Waals surface area contributed by atoms with Crippen LogP contribution in [0, 0.1) is 0 Å². The Morgan fingerprint density at radius 2 is 1.97 bits per heavy atom. The third-order valence-electron chi connectivity index (χ3n) is 4.16. The van der Waals surface area contributed by atoms with Crippen molar-refractivity contribution in [2.24, 2.45) is 5.73 Å². The summed E-state index contributed by atoms with van der Waals surface area (Å²) in [7, 11) is -3.84. The Balaban J connectivity index is 0.00000320. The summed E-state index contributed by atoms with van der Waals surface area (Å²) in [5.41, 5.74) is 6.43. The Kier molecular flexibility index (Phi) is 7.91. The lowest BCUT2D eigenvalue weighted by Gasteiger charge is -2.16. The summed E-state index contributed by atoms with van der Waals surface area (Å²) in [5.74, 6) is -1.79. The monoisotopic (exact) mass is 471 g/mol. The number of halogens is 2. The number of nitrogens with two attached hydrogens (primary N) is 1. The maximum absolute atomic E-state index is 12.8. The molecule has 3 N–H and O–H groups in total. The van der Waals surface area contributed by atoms with Crippen molar-refractivity contribution in [3.05, 3.63) is 71.1 Å². The number of carboxylic acid groups (broad SMARTS) is 1. The fourth-order valence-corrected chi connectivity index (χ4v) is 4.55. The van der Waals surface area contributed by atoms with Crippen molar-refractivity contribution in [1.29, 1.82) is 0 Å². The van der Waals surface area contributed by atoms with Crippen molar-refractivity contribution in [2.45, 2.75) is 10.6 Å². The molecule has 0 amide bonds. The van der Waals surface area contributed by atoms with Crippen LogP contribution < -0.4 is 10.5 Å². The second-order valence-electron chi connectivity index (χ2n) is 6.15. The molecule has 0 saturated carbocycles. The summed E-state index contributed by atoms with van der Waals surface area (Å²) >= 11 is 5.90. The normalized spacial score (nSPS) is 11.0. The van der Waals surface area contributed by atoms with E-state index in [1.165, 1.54) is 36.8 Å². The van der Waals surface area contributed by atoms with Crippen molar-refractivity contribution >= 4 is 39.8 Å². The standard InChI is InChI=1S/C20H18ClNO6S.ClH/c21-15-2-1-3-16(10-15)29(25,26)12-14-4-5-17(13-6-8-27-11-13)19(28-9-7-22)18(14)20(23)24;/h1-6,8,10-11H,7,9,12,22H2,(H,23,24);1H. The van der Waals surface area contributed by atoms with Gasteiger partial charge in [-0.25, -0.2) is 13.2 Å². The van der Waals surface area contributed by atoms with Gasteiger partial charge < -0.3 is 20.0 Å². The zero-order valence-electron chi connectivity index (χ0n) is 15.6. The molecule has 0 fully saturated rings. The molecule has 30 heavy (non-hydrogen) atoms. The van der Waals surface area contributed by atoms with Crippen LogP contribution in [0.5, 0.6) is 5.75 Å². The van der Waals surface area contributed by atoms with Crippen molar-refractivity contribution in [3.63, 3.8) is 0 Å². The van der Waals surface area contributed by atoms with Crippen molar-refractivity contribution in [1.82, 2.24) is 0 Å². The number of hydrogen-bond donors (Lipinski definition) is 2. The highest BCUT2D eigenvalue weighted by atomic mass is 35.5. The molecule has 0 aliphatic rings. The third kappa shape index (κ3) is 5.14. The van der Waals surface area contributed by atoms with Crippen LogP contribution in [-0.4, -0.2) is 32.6 Å². The first-order valence-corrected chi connectivity index (χ1v) is 10.6. The summed E-state index contributed by atoms with van der Waals surface area (Å²) in [6.45, 7) is 0.227. The van der Waals surface area contributed by atoms with Crippen LogP contribution in [0.15, 0.2) is 64.3 Å². The fourth-order valence-electron chi connectivity index (χ4n) is 2.88. The molecule has 0 unspecified atom stereocenters. The van der Waals surface area contributed by atoms with E-state index in [2.05, 4.69) is 0 Å². The molecule has 1 aromatic heterocycles. The molecule has 7 nitrogen and oxygen atoms in total. The number of carbonyl (C=O) groups is 1. The number of hydrogen-bond acceptors (Lipinski definition) is 6. The number of rotatable bonds is 8. The van der Waals surface area contributed by atoms with E-state index in [1.807, 2.05) is 0 Å². The first kappa shape index (κ1) is 23.8. The highest BCUT2D eigenvalue weighted by Crippen LogP contribution is 2.37. The second-order valence-corrected chi connectivity index (χ2v) is 8.57. The van der Waals surface area contributed by atoms with Gasteiger partial charge in [0.2, 0.25) is 0 Å². The van der Waals surface area contributed by atoms with Gasteiger partial charge in [0.05, 0.1) is 23.2 Å². The second kappa shape index (κ2) is 9.99. The molecular formula is C20H19Cl2NO6S. The summed E-state index contributed by atoms with van der Waals surface area (Å²) in [6.07, 6.45) is 2.89. The average molecular weight is 472 g/mol. The lowest BCUT2D eigenvalue weighted by atomic mass is 9.99. The van der Waals surface area contributed by atoms with Gasteiger partial charge in [0.25, 0.3) is 0 Å². The molecule has 0 radical (unpaired) electrons. The highest BCUT2D eigenvalue weighted by Gasteiger charge is 2.26. The van der Waals surface area contributed by atoms with Gasteiger partial charge in [-0.1, -0.05) is 29.8 Å². The van der Waals surface area contributed by atoms with Crippen LogP contribution in [0.25, 0.3) is 11.1 Å². The third-order valence-corrected chi connectivity index (χ3v) is 6.05. The first-order chi connectivity index (χ1) is 13.8. The topological polar surface area (TPSA) is 120 Å². The lowest BCUT2D eigenvalue weighted by molar-refractivity contribution is 0.0691. The summed E-state index contributed by atoms with van der Waals surface area (Å²) in [6, 6.07) is 10.5. The lowest BCUT2D eigenvalue weighted by Crippen LogP contribution is -2.16. The van der Waals surface area contributed by atoms with E-state index in [-0.39, 0.29) is 52.4 Å². The van der Waals surface area contributed by atoms with Gasteiger partial charge in [0.1, 0.15) is 17.9 Å². The minimum Gasteiger partial charge on any atom is -0.491 e. The smallest absolute Gasteiger partial charge is 0.339 e. The Hall–Kier alpha value is -2.52. The average Bonchev–Trinajstić information content (AvgIpc) is 3.20. The molecule has 160 valence electrons. The van der Waals surface area contributed by atoms with E-state index in [1.54, 1.807) is 18.2 Å². The number of sulfone groups is 1. The number of ether oxygens (including phenoxy) is 1. The molecular weight excluding hydrogens is 453 g/mol. The van der Waals surface area contributed by atoms with Gasteiger partial charge in [-0.05, 0) is 29.8 Å². The number of furan rings is 1. The van der Waals surface area contributed by atoms with Crippen molar-refractivity contribution < 1.29 is 27.5 Å². The van der Waals surface area contributed by atoms with Crippen molar-refractivity contribution in [2.75, 3.05) is 13.2 Å². The Morgan fingerprint density at radius 3 is 2.57 bits per heavy atom. The number of benzene rings is 2. The van der Waals surface area contributed by atoms with Crippen LogP contribution in [-0.2, 0) is 15.6 Å². The zero-order chi connectivity index (χ0) is 21.0. The quantitative estimate of drug-likeness (QED) is 0.508. The van der Waals surface area contributed by atoms with E-state index < -0.39 is 21.6 Å². The van der Waals surface area contributed by atoms with Crippen LogP contribution in [0.3, 0.4) is 0 Å². The van der Waals surface area contributed by atoms with Gasteiger partial charge in [-0.3, -0.25) is 0 Å². The van der Waals surface area contributed by atoms with Crippen LogP contribution in [0.4, 0.5) is 0 Å². The van der Waals surface area contributed by atoms with E-state index >= 15 is 0 Å². The van der Waals surface area contributed by atoms with Crippen LogP contribution in [0.1, 0.15) is 15.9 Å². The summed E-state index contributed by atoms with van der Waals surface area (Å²) < 4.78 is 36.4. The Labute approximate surface area is 184 Å². The van der Waals surface area contributed by atoms with Crippen molar-refractivity contribution in [3.8, 4) is 16.9 Å². The van der Waals surface area contributed by atoms with Crippen LogP contribution >= 0.6 is 24.0 Å². The zero-order valence-corrected chi connectivity index (χ0v) is 18.0. The van der Waals surface area contributed by atoms with Gasteiger partial charge in [-0.2, -0.15) is 0 Å². The predicted octanol–water partition coefficient (Wildman–Crippen LogP) is 4.03. The van der Waals surface area contributed by atoms with Gasteiger partial charge in [-0.15, -0.1) is 12.4 Å². The number of carboxylic acids is 1. The molecule has 0 atom stereocenters. The minimum atomic E-state index is -3.84.